The predicted octanol–water partition coefficient (Wildman–Crippen LogP) is -0.255. The van der Waals surface area contributed by atoms with Crippen molar-refractivity contribution in [2.75, 3.05) is 20.1 Å². The second kappa shape index (κ2) is 2.80. The molecule has 0 aliphatic carbocycles. The van der Waals surface area contributed by atoms with Gasteiger partial charge in [-0.25, -0.2) is 0 Å². The first-order valence-corrected chi connectivity index (χ1v) is 4.65. The first kappa shape index (κ1) is 8.69. The van der Waals surface area contributed by atoms with E-state index in [1.54, 1.807) is 0 Å². The quantitative estimate of drug-likeness (QED) is 0.525. The van der Waals surface area contributed by atoms with Crippen molar-refractivity contribution in [1.29, 1.82) is 0 Å². The van der Waals surface area contributed by atoms with Gasteiger partial charge in [0.1, 0.15) is 0 Å². The van der Waals surface area contributed by atoms with Crippen LogP contribution in [0, 0.1) is 5.41 Å². The molecule has 2 rings (SSSR count). The van der Waals surface area contributed by atoms with Crippen LogP contribution >= 0.6 is 0 Å². The molecule has 2 aliphatic rings. The highest BCUT2D eigenvalue weighted by molar-refractivity contribution is 6.06. The molecule has 2 aliphatic heterocycles. The number of hydrogen-bond acceptors (Lipinski definition) is 3. The largest absolute Gasteiger partial charge is 0.305 e. The third kappa shape index (κ3) is 1.35. The van der Waals surface area contributed by atoms with Crippen molar-refractivity contribution in [3.8, 4) is 0 Å². The van der Waals surface area contributed by atoms with E-state index in [9.17, 15) is 9.59 Å². The van der Waals surface area contributed by atoms with E-state index in [-0.39, 0.29) is 11.8 Å². The number of hydrogen-bond donors (Lipinski definition) is 1. The summed E-state index contributed by atoms with van der Waals surface area (Å²) in [5.41, 5.74) is -0.399. The van der Waals surface area contributed by atoms with E-state index in [1.807, 2.05) is 7.05 Å². The highest BCUT2D eigenvalue weighted by atomic mass is 16.2. The van der Waals surface area contributed by atoms with Crippen molar-refractivity contribution in [1.82, 2.24) is 10.2 Å². The van der Waals surface area contributed by atoms with Crippen LogP contribution in [0.5, 0.6) is 0 Å². The third-order valence-electron chi connectivity index (χ3n) is 3.00. The SMILES string of the molecule is CN1CCCC2(CC(=O)NC2=O)C1. The Morgan fingerprint density at radius 2 is 2.23 bits per heavy atom. The van der Waals surface area contributed by atoms with Gasteiger partial charge in [0.2, 0.25) is 11.8 Å². The number of imide groups is 1. The molecule has 72 valence electrons. The van der Waals surface area contributed by atoms with Gasteiger partial charge in [0, 0.05) is 13.0 Å². The molecule has 0 aromatic carbocycles. The van der Waals surface area contributed by atoms with Crippen LogP contribution in [-0.2, 0) is 9.59 Å². The molecule has 0 radical (unpaired) electrons. The zero-order valence-electron chi connectivity index (χ0n) is 7.80. The van der Waals surface area contributed by atoms with E-state index in [0.717, 1.165) is 25.9 Å². The summed E-state index contributed by atoms with van der Waals surface area (Å²) in [6.07, 6.45) is 2.25. The van der Waals surface area contributed by atoms with Crippen molar-refractivity contribution in [3.63, 3.8) is 0 Å². The summed E-state index contributed by atoms with van der Waals surface area (Å²) in [6.45, 7) is 1.76. The lowest BCUT2D eigenvalue weighted by Crippen LogP contribution is -2.45. The van der Waals surface area contributed by atoms with Crippen molar-refractivity contribution in [2.45, 2.75) is 19.3 Å². The Morgan fingerprint density at radius 3 is 2.77 bits per heavy atom. The van der Waals surface area contributed by atoms with Gasteiger partial charge in [-0.15, -0.1) is 0 Å². The van der Waals surface area contributed by atoms with Gasteiger partial charge in [-0.1, -0.05) is 0 Å². The van der Waals surface area contributed by atoms with Gasteiger partial charge in [0.25, 0.3) is 0 Å². The smallest absolute Gasteiger partial charge is 0.234 e. The molecule has 2 saturated heterocycles. The fourth-order valence-corrected chi connectivity index (χ4v) is 2.38. The van der Waals surface area contributed by atoms with E-state index in [0.29, 0.717) is 6.42 Å². The number of nitrogens with one attached hydrogen (secondary N) is 1. The number of piperidine rings is 1. The van der Waals surface area contributed by atoms with Crippen LogP contribution in [0.4, 0.5) is 0 Å². The molecule has 2 fully saturated rings. The monoisotopic (exact) mass is 182 g/mol. The molecule has 1 atom stereocenters. The van der Waals surface area contributed by atoms with Crippen LogP contribution in [0.25, 0.3) is 0 Å². The molecule has 0 bridgehead atoms. The Kier molecular flexibility index (Phi) is 1.87. The Morgan fingerprint density at radius 1 is 1.46 bits per heavy atom. The van der Waals surface area contributed by atoms with Crippen LogP contribution in [-0.4, -0.2) is 36.9 Å². The first-order valence-electron chi connectivity index (χ1n) is 4.65. The Bertz CT molecular complexity index is 264. The molecule has 0 aromatic heterocycles. The number of carbonyl (C=O) groups excluding carboxylic acids is 2. The molecule has 2 amide bonds. The molecule has 0 saturated carbocycles. The summed E-state index contributed by atoms with van der Waals surface area (Å²) in [7, 11) is 2.00. The Balaban J connectivity index is 2.19. The Hall–Kier alpha value is -0.900. The lowest BCUT2D eigenvalue weighted by atomic mass is 9.78. The van der Waals surface area contributed by atoms with Gasteiger partial charge in [0.05, 0.1) is 5.41 Å². The van der Waals surface area contributed by atoms with Gasteiger partial charge in [-0.2, -0.15) is 0 Å². The topological polar surface area (TPSA) is 49.4 Å². The van der Waals surface area contributed by atoms with E-state index in [2.05, 4.69) is 10.2 Å². The van der Waals surface area contributed by atoms with Crippen molar-refractivity contribution in [3.05, 3.63) is 0 Å². The van der Waals surface area contributed by atoms with Crippen LogP contribution in [0.1, 0.15) is 19.3 Å². The summed E-state index contributed by atoms with van der Waals surface area (Å²) in [6, 6.07) is 0. The average molecular weight is 182 g/mol. The highest BCUT2D eigenvalue weighted by Gasteiger charge is 2.48. The van der Waals surface area contributed by atoms with E-state index in [4.69, 9.17) is 0 Å². The van der Waals surface area contributed by atoms with Crippen molar-refractivity contribution >= 4 is 11.8 Å². The minimum absolute atomic E-state index is 0.0657. The molecule has 0 aromatic rings. The maximum atomic E-state index is 11.5. The van der Waals surface area contributed by atoms with Crippen LogP contribution < -0.4 is 5.32 Å². The molecule has 13 heavy (non-hydrogen) atoms. The fraction of sp³-hybridized carbons (Fsp3) is 0.778. The second-order valence-electron chi connectivity index (χ2n) is 4.18. The van der Waals surface area contributed by atoms with Gasteiger partial charge in [-0.3, -0.25) is 14.9 Å². The molecule has 1 N–H and O–H groups in total. The molecule has 1 unspecified atom stereocenters. The van der Waals surface area contributed by atoms with E-state index >= 15 is 0 Å². The minimum Gasteiger partial charge on any atom is -0.305 e. The zero-order valence-corrected chi connectivity index (χ0v) is 7.80. The van der Waals surface area contributed by atoms with Crippen molar-refractivity contribution < 1.29 is 9.59 Å². The molecule has 1 spiro atoms. The number of nitrogens with zero attached hydrogens (tertiary/aromatic N) is 1. The van der Waals surface area contributed by atoms with Gasteiger partial charge >= 0.3 is 0 Å². The summed E-state index contributed by atoms with van der Waals surface area (Å²) in [5, 5.41) is 2.39. The lowest BCUT2D eigenvalue weighted by molar-refractivity contribution is -0.130. The fourth-order valence-electron chi connectivity index (χ4n) is 2.38. The average Bonchev–Trinajstić information content (AvgIpc) is 2.26. The van der Waals surface area contributed by atoms with E-state index in [1.165, 1.54) is 0 Å². The third-order valence-corrected chi connectivity index (χ3v) is 3.00. The summed E-state index contributed by atoms with van der Waals surface area (Å²) in [4.78, 5) is 24.8. The standard InChI is InChI=1S/C9H14N2O2/c1-11-4-2-3-9(6-11)5-7(12)10-8(9)13/h2-6H2,1H3,(H,10,12,13). The summed E-state index contributed by atoms with van der Waals surface area (Å²) in [5.74, 6) is -0.177. The molecular formula is C9H14N2O2. The molecule has 4 heteroatoms. The highest BCUT2D eigenvalue weighted by Crippen LogP contribution is 2.36. The van der Waals surface area contributed by atoms with E-state index < -0.39 is 5.41 Å². The van der Waals surface area contributed by atoms with Crippen molar-refractivity contribution in [2.24, 2.45) is 5.41 Å². The first-order chi connectivity index (χ1) is 6.12. The summed E-state index contributed by atoms with van der Waals surface area (Å²) >= 11 is 0. The van der Waals surface area contributed by atoms with Crippen LogP contribution in [0.2, 0.25) is 0 Å². The lowest BCUT2D eigenvalue weighted by Gasteiger charge is -2.35. The number of amides is 2. The minimum atomic E-state index is -0.399. The van der Waals surface area contributed by atoms with Crippen LogP contribution in [0.3, 0.4) is 0 Å². The number of rotatable bonds is 0. The van der Waals surface area contributed by atoms with Gasteiger partial charge < -0.3 is 4.90 Å². The molecular weight excluding hydrogens is 168 g/mol. The van der Waals surface area contributed by atoms with Gasteiger partial charge in [0.15, 0.2) is 0 Å². The van der Waals surface area contributed by atoms with Gasteiger partial charge in [-0.05, 0) is 26.4 Å². The maximum absolute atomic E-state index is 11.5. The molecule has 2 heterocycles. The Labute approximate surface area is 77.3 Å². The molecule has 4 nitrogen and oxygen atoms in total. The number of likely N-dealkylation sites (tertiary alicyclic amines) is 1. The summed E-state index contributed by atoms with van der Waals surface area (Å²) < 4.78 is 0. The predicted molar refractivity (Wildman–Crippen MR) is 46.9 cm³/mol. The zero-order chi connectivity index (χ0) is 9.47. The van der Waals surface area contributed by atoms with Crippen LogP contribution in [0.15, 0.2) is 0 Å². The normalized spacial score (nSPS) is 35.5. The maximum Gasteiger partial charge on any atom is 0.234 e. The second-order valence-corrected chi connectivity index (χ2v) is 4.18. The number of carbonyl (C=O) groups is 2.